The zero-order valence-electron chi connectivity index (χ0n) is 18.5. The third-order valence-corrected chi connectivity index (χ3v) is 6.97. The van der Waals surface area contributed by atoms with Gasteiger partial charge in [0, 0.05) is 17.9 Å². The molecule has 4 heterocycles. The van der Waals surface area contributed by atoms with Crippen LogP contribution in [-0.4, -0.2) is 74.9 Å². The minimum Gasteiger partial charge on any atom is -0.396 e. The van der Waals surface area contributed by atoms with E-state index in [1.807, 2.05) is 0 Å². The smallest absolute Gasteiger partial charge is 0.351 e. The standard InChI is InChI=1S/C12H15N5O3.C8H11N3O3S/c1-5-6(3-18)8(19)2-7(5)17-4-14-9-10(17)15-12(13)16-11(9)20;9-5-1-2-11(8(13)10-5)6-4-15-7(3-12)14-6/h4,6-8,18-19H,1-3H2,(H3,13,15,16,20);1-2,6-7,12H,3-4H2,(H2,9,10,13)/t6-,7-,8-;6-,7+/m00/s1. The molecule has 3 aromatic heterocycles. The highest BCUT2D eigenvalue weighted by molar-refractivity contribution is 8.00. The fourth-order valence-corrected chi connectivity index (χ4v) is 5.00. The average molecular weight is 507 g/mol. The molecule has 0 bridgehead atoms. The number of hydrogen-bond acceptors (Lipinski definition) is 12. The van der Waals surface area contributed by atoms with Gasteiger partial charge in [0.25, 0.3) is 5.56 Å². The molecule has 8 N–H and O–H groups in total. The van der Waals surface area contributed by atoms with E-state index in [-0.39, 0.29) is 54.1 Å². The summed E-state index contributed by atoms with van der Waals surface area (Å²) in [5, 5.41) is 28.1. The zero-order chi connectivity index (χ0) is 25.3. The number of aliphatic hydroxyl groups is 3. The Bertz CT molecular complexity index is 1340. The van der Waals surface area contributed by atoms with E-state index < -0.39 is 17.4 Å². The molecule has 3 aromatic rings. The first kappa shape index (κ1) is 24.9. The third kappa shape index (κ3) is 4.94. The number of nitrogens with two attached hydrogens (primary N) is 2. The Balaban J connectivity index is 0.000000172. The van der Waals surface area contributed by atoms with Crippen molar-refractivity contribution >= 4 is 34.7 Å². The van der Waals surface area contributed by atoms with Crippen LogP contribution in [0.2, 0.25) is 0 Å². The Morgan fingerprint density at radius 3 is 2.63 bits per heavy atom. The number of rotatable bonds is 4. The van der Waals surface area contributed by atoms with Crippen LogP contribution in [0.5, 0.6) is 0 Å². The van der Waals surface area contributed by atoms with Crippen molar-refractivity contribution in [2.75, 3.05) is 30.4 Å². The van der Waals surface area contributed by atoms with Crippen molar-refractivity contribution in [3.63, 3.8) is 0 Å². The molecule has 1 saturated heterocycles. The molecule has 2 aliphatic rings. The molecule has 0 amide bonds. The molecule has 14 nitrogen and oxygen atoms in total. The summed E-state index contributed by atoms with van der Waals surface area (Å²) in [7, 11) is 0. The van der Waals surface area contributed by atoms with Crippen molar-refractivity contribution in [2.45, 2.75) is 30.2 Å². The summed E-state index contributed by atoms with van der Waals surface area (Å²) >= 11 is 1.47. The fraction of sp³-hybridized carbons (Fsp3) is 0.450. The Morgan fingerprint density at radius 2 is 2.00 bits per heavy atom. The first-order valence-corrected chi connectivity index (χ1v) is 11.7. The maximum Gasteiger partial charge on any atom is 0.351 e. The van der Waals surface area contributed by atoms with Gasteiger partial charge < -0.3 is 36.1 Å². The molecule has 1 aliphatic heterocycles. The number of imidazole rings is 1. The van der Waals surface area contributed by atoms with Gasteiger partial charge in [-0.3, -0.25) is 14.3 Å². The molecular weight excluding hydrogens is 480 g/mol. The number of thioether (sulfide) groups is 1. The summed E-state index contributed by atoms with van der Waals surface area (Å²) < 4.78 is 8.46. The van der Waals surface area contributed by atoms with Crippen LogP contribution in [-0.2, 0) is 4.74 Å². The highest BCUT2D eigenvalue weighted by Crippen LogP contribution is 2.39. The summed E-state index contributed by atoms with van der Waals surface area (Å²) in [4.78, 5) is 37.3. The van der Waals surface area contributed by atoms with E-state index in [0.29, 0.717) is 23.4 Å². The van der Waals surface area contributed by atoms with Gasteiger partial charge in [-0.25, -0.2) is 9.78 Å². The Morgan fingerprint density at radius 1 is 1.23 bits per heavy atom. The number of aromatic nitrogens is 6. The highest BCUT2D eigenvalue weighted by Gasteiger charge is 2.38. The SMILES string of the molecule is C=C1[C@H](CO)[C@@H](O)C[C@@H]1n1cnc2c(=O)[nH]c(N)nc21.Nc1ccn([C@@H]2CS[C@H](CO)O2)c(=O)n1. The molecule has 2 fully saturated rings. The lowest BCUT2D eigenvalue weighted by molar-refractivity contribution is -0.00629. The van der Waals surface area contributed by atoms with Crippen LogP contribution < -0.4 is 22.7 Å². The molecule has 5 atom stereocenters. The van der Waals surface area contributed by atoms with Crippen LogP contribution >= 0.6 is 11.8 Å². The van der Waals surface area contributed by atoms with Crippen molar-refractivity contribution in [3.05, 3.63) is 51.6 Å². The second-order valence-corrected chi connectivity index (χ2v) is 9.23. The minimum atomic E-state index is -0.672. The summed E-state index contributed by atoms with van der Waals surface area (Å²) in [5.41, 5.74) is 11.0. The van der Waals surface area contributed by atoms with Gasteiger partial charge in [-0.2, -0.15) is 9.97 Å². The molecule has 35 heavy (non-hydrogen) atoms. The van der Waals surface area contributed by atoms with E-state index in [4.69, 9.17) is 21.3 Å². The summed E-state index contributed by atoms with van der Waals surface area (Å²) in [6, 6.07) is 1.28. The number of nitrogens with zero attached hydrogens (tertiary/aromatic N) is 5. The number of ether oxygens (including phenoxy) is 1. The van der Waals surface area contributed by atoms with E-state index in [9.17, 15) is 19.8 Å². The topological polar surface area (TPSA) is 220 Å². The zero-order valence-corrected chi connectivity index (χ0v) is 19.3. The second kappa shape index (κ2) is 10.2. The number of fused-ring (bicyclic) bond motifs is 1. The molecule has 0 aromatic carbocycles. The second-order valence-electron chi connectivity index (χ2n) is 8.04. The van der Waals surface area contributed by atoms with Gasteiger partial charge in [-0.1, -0.05) is 6.58 Å². The van der Waals surface area contributed by atoms with Crippen LogP contribution in [0.25, 0.3) is 11.2 Å². The Kier molecular flexibility index (Phi) is 7.23. The van der Waals surface area contributed by atoms with Crippen molar-refractivity contribution in [1.82, 2.24) is 29.1 Å². The number of nitrogen functional groups attached to an aromatic ring is 2. The molecular formula is C20H26N8O6S. The number of hydrogen-bond donors (Lipinski definition) is 6. The quantitative estimate of drug-likeness (QED) is 0.224. The molecule has 5 rings (SSSR count). The van der Waals surface area contributed by atoms with Gasteiger partial charge in [0.2, 0.25) is 5.95 Å². The predicted molar refractivity (Wildman–Crippen MR) is 128 cm³/mol. The van der Waals surface area contributed by atoms with E-state index in [1.54, 1.807) is 16.8 Å². The largest absolute Gasteiger partial charge is 0.396 e. The van der Waals surface area contributed by atoms with Crippen molar-refractivity contribution in [2.24, 2.45) is 5.92 Å². The van der Waals surface area contributed by atoms with Crippen LogP contribution in [0.1, 0.15) is 18.7 Å². The van der Waals surface area contributed by atoms with Crippen LogP contribution in [0.4, 0.5) is 11.8 Å². The van der Waals surface area contributed by atoms with Gasteiger partial charge in [0.1, 0.15) is 17.5 Å². The molecule has 0 spiro atoms. The van der Waals surface area contributed by atoms with Crippen molar-refractivity contribution in [1.29, 1.82) is 0 Å². The van der Waals surface area contributed by atoms with Crippen molar-refractivity contribution in [3.8, 4) is 0 Å². The van der Waals surface area contributed by atoms with E-state index in [1.165, 1.54) is 22.7 Å². The fourth-order valence-electron chi connectivity index (χ4n) is 4.07. The average Bonchev–Trinajstić information content (AvgIpc) is 3.51. The van der Waals surface area contributed by atoms with Gasteiger partial charge in [-0.05, 0) is 18.1 Å². The van der Waals surface area contributed by atoms with E-state index in [2.05, 4.69) is 26.5 Å². The van der Waals surface area contributed by atoms with E-state index in [0.717, 1.165) is 0 Å². The Labute approximate surface area is 202 Å². The molecule has 1 saturated carbocycles. The Hall–Kier alpha value is -3.24. The van der Waals surface area contributed by atoms with Crippen LogP contribution in [0.15, 0.2) is 40.3 Å². The lowest BCUT2D eigenvalue weighted by atomic mass is 10.0. The highest BCUT2D eigenvalue weighted by atomic mass is 32.2. The van der Waals surface area contributed by atoms with Gasteiger partial charge in [0.05, 0.1) is 31.7 Å². The number of H-pyrrole nitrogens is 1. The first-order valence-electron chi connectivity index (χ1n) is 10.7. The van der Waals surface area contributed by atoms with Gasteiger partial charge in [0.15, 0.2) is 11.2 Å². The molecule has 188 valence electrons. The summed E-state index contributed by atoms with van der Waals surface area (Å²) in [5.74, 6) is 0.445. The number of anilines is 2. The minimum absolute atomic E-state index is 0.00659. The maximum absolute atomic E-state index is 11.7. The third-order valence-electron chi connectivity index (χ3n) is 5.86. The molecule has 0 radical (unpaired) electrons. The predicted octanol–water partition coefficient (Wildman–Crippen LogP) is -1.42. The number of aromatic amines is 1. The van der Waals surface area contributed by atoms with Gasteiger partial charge in [-0.15, -0.1) is 11.8 Å². The van der Waals surface area contributed by atoms with E-state index >= 15 is 0 Å². The monoisotopic (exact) mass is 506 g/mol. The summed E-state index contributed by atoms with van der Waals surface area (Å²) in [6.45, 7) is 3.71. The molecule has 0 unspecified atom stereocenters. The van der Waals surface area contributed by atoms with Crippen LogP contribution in [0, 0.1) is 5.92 Å². The molecule has 15 heteroatoms. The number of aliphatic hydroxyl groups excluding tert-OH is 3. The lowest BCUT2D eigenvalue weighted by Gasteiger charge is -2.15. The van der Waals surface area contributed by atoms with Gasteiger partial charge >= 0.3 is 5.69 Å². The van der Waals surface area contributed by atoms with Crippen LogP contribution in [0.3, 0.4) is 0 Å². The van der Waals surface area contributed by atoms with Crippen molar-refractivity contribution < 1.29 is 20.1 Å². The lowest BCUT2D eigenvalue weighted by Crippen LogP contribution is -2.28. The maximum atomic E-state index is 11.7. The summed E-state index contributed by atoms with van der Waals surface area (Å²) in [6.07, 6.45) is 2.39. The first-order chi connectivity index (χ1) is 16.7. The normalized spacial score (nSPS) is 26.1. The molecule has 1 aliphatic carbocycles. The number of nitrogens with one attached hydrogen (secondary N) is 1.